The maximum atomic E-state index is 12.9. The van der Waals surface area contributed by atoms with Gasteiger partial charge in [-0.3, -0.25) is 9.69 Å². The van der Waals surface area contributed by atoms with Crippen molar-refractivity contribution in [2.75, 3.05) is 31.6 Å². The number of benzene rings is 2. The number of esters is 1. The Balaban J connectivity index is 1.42. The van der Waals surface area contributed by atoms with E-state index in [2.05, 4.69) is 5.32 Å². The number of carbonyl (C=O) groups excluding carboxylic acids is 2. The van der Waals surface area contributed by atoms with Crippen molar-refractivity contribution >= 4 is 29.2 Å². The van der Waals surface area contributed by atoms with Gasteiger partial charge >= 0.3 is 12.1 Å². The zero-order chi connectivity index (χ0) is 26.8. The molecule has 37 heavy (non-hydrogen) atoms. The summed E-state index contributed by atoms with van der Waals surface area (Å²) < 4.78 is 55.4. The number of alkyl halides is 3. The number of halogens is 4. The molecule has 2 aromatic rings. The van der Waals surface area contributed by atoms with E-state index in [4.69, 9.17) is 25.8 Å². The van der Waals surface area contributed by atoms with Crippen molar-refractivity contribution in [3.05, 3.63) is 47.0 Å². The molecule has 0 bridgehead atoms. The zero-order valence-corrected chi connectivity index (χ0v) is 20.7. The Morgan fingerprint density at radius 3 is 2.59 bits per heavy atom. The lowest BCUT2D eigenvalue weighted by atomic mass is 9.87. The van der Waals surface area contributed by atoms with Crippen LogP contribution in [0.2, 0.25) is 5.02 Å². The third kappa shape index (κ3) is 6.58. The summed E-state index contributed by atoms with van der Waals surface area (Å²) in [7, 11) is 0. The van der Waals surface area contributed by atoms with Gasteiger partial charge in [-0.25, -0.2) is 4.79 Å². The molecule has 2 N–H and O–H groups in total. The first-order valence-electron chi connectivity index (χ1n) is 11.6. The summed E-state index contributed by atoms with van der Waals surface area (Å²) in [6, 6.07) is 10.2. The van der Waals surface area contributed by atoms with Gasteiger partial charge in [-0.05, 0) is 17.7 Å². The number of phenolic OH excluding ortho intramolecular Hbond substituents is 1. The molecule has 0 aliphatic carbocycles. The normalized spacial score (nSPS) is 17.5. The number of nitrogens with zero attached hydrogens (tertiary/aromatic N) is 1. The number of piperidine rings is 1. The van der Waals surface area contributed by atoms with Crippen LogP contribution in [0, 0.1) is 0 Å². The van der Waals surface area contributed by atoms with Crippen LogP contribution < -0.4 is 14.8 Å². The zero-order valence-electron chi connectivity index (χ0n) is 19.9. The Labute approximate surface area is 216 Å². The Hall–Kier alpha value is -3.18. The molecule has 12 heteroatoms. The topological polar surface area (TPSA) is 97.3 Å². The van der Waals surface area contributed by atoms with Crippen LogP contribution in [0.1, 0.15) is 25.3 Å². The second kappa shape index (κ2) is 10.7. The van der Waals surface area contributed by atoms with Crippen LogP contribution >= 0.6 is 11.6 Å². The number of hydrogen-bond donors (Lipinski definition) is 2. The molecular formula is C25H26ClF3N2O6. The Morgan fingerprint density at radius 2 is 1.95 bits per heavy atom. The predicted octanol–water partition coefficient (Wildman–Crippen LogP) is 4.33. The van der Waals surface area contributed by atoms with Crippen LogP contribution in [0.25, 0.3) is 0 Å². The van der Waals surface area contributed by atoms with Crippen LogP contribution in [0.3, 0.4) is 0 Å². The third-order valence-corrected chi connectivity index (χ3v) is 6.63. The monoisotopic (exact) mass is 542 g/mol. The molecule has 0 aromatic heterocycles. The average molecular weight is 543 g/mol. The number of phenols is 1. The molecule has 0 saturated carbocycles. The van der Waals surface area contributed by atoms with Gasteiger partial charge in [0.05, 0.1) is 10.7 Å². The number of fused-ring (bicyclic) bond motifs is 1. The van der Waals surface area contributed by atoms with Crippen molar-refractivity contribution in [3.63, 3.8) is 0 Å². The lowest BCUT2D eigenvalue weighted by molar-refractivity contribution is -0.206. The smallest absolute Gasteiger partial charge is 0.490 e. The van der Waals surface area contributed by atoms with Gasteiger partial charge in [0.1, 0.15) is 35.6 Å². The SMILES string of the molecule is CC(=O)Nc1cc(Cl)c(O)cc1OC[C@H](CN1CCC2(CC1)Cc1ccccc1O2)OC(=O)C(F)(F)F. The summed E-state index contributed by atoms with van der Waals surface area (Å²) in [5.74, 6) is -2.33. The first kappa shape index (κ1) is 26.9. The van der Waals surface area contributed by atoms with Gasteiger partial charge in [0, 0.05) is 51.9 Å². The number of aromatic hydroxyl groups is 1. The molecule has 4 rings (SSSR count). The van der Waals surface area contributed by atoms with Crippen molar-refractivity contribution < 1.29 is 42.1 Å². The van der Waals surface area contributed by atoms with Crippen LogP contribution in [-0.2, 0) is 20.7 Å². The first-order chi connectivity index (χ1) is 17.4. The van der Waals surface area contributed by atoms with Crippen LogP contribution in [0.4, 0.5) is 18.9 Å². The van der Waals surface area contributed by atoms with Gasteiger partial charge < -0.3 is 24.6 Å². The van der Waals surface area contributed by atoms with Crippen LogP contribution in [0.5, 0.6) is 17.2 Å². The summed E-state index contributed by atoms with van der Waals surface area (Å²) >= 11 is 5.89. The molecule has 1 atom stereocenters. The van der Waals surface area contributed by atoms with Gasteiger partial charge in [0.25, 0.3) is 0 Å². The Morgan fingerprint density at radius 1 is 1.24 bits per heavy atom. The number of amides is 1. The molecule has 2 aliphatic rings. The molecule has 2 heterocycles. The minimum Gasteiger partial charge on any atom is -0.506 e. The highest BCUT2D eigenvalue weighted by Gasteiger charge is 2.44. The molecule has 2 aromatic carbocycles. The molecular weight excluding hydrogens is 517 g/mol. The Kier molecular flexibility index (Phi) is 7.75. The minimum absolute atomic E-state index is 0.0140. The van der Waals surface area contributed by atoms with Crippen molar-refractivity contribution in [2.45, 2.75) is 44.1 Å². The molecule has 1 amide bonds. The van der Waals surface area contributed by atoms with E-state index in [1.807, 2.05) is 29.2 Å². The number of para-hydroxylation sites is 1. The lowest BCUT2D eigenvalue weighted by Crippen LogP contribution is -2.50. The van der Waals surface area contributed by atoms with E-state index in [-0.39, 0.29) is 34.4 Å². The number of carbonyl (C=O) groups is 2. The van der Waals surface area contributed by atoms with E-state index >= 15 is 0 Å². The highest BCUT2D eigenvalue weighted by molar-refractivity contribution is 6.32. The summed E-state index contributed by atoms with van der Waals surface area (Å²) in [4.78, 5) is 25.0. The molecule has 1 fully saturated rings. The van der Waals surface area contributed by atoms with Gasteiger partial charge in [0.15, 0.2) is 0 Å². The van der Waals surface area contributed by atoms with Crippen molar-refractivity contribution in [3.8, 4) is 17.2 Å². The summed E-state index contributed by atoms with van der Waals surface area (Å²) in [6.07, 6.45) is -4.39. The highest BCUT2D eigenvalue weighted by atomic mass is 35.5. The van der Waals surface area contributed by atoms with Crippen LogP contribution in [-0.4, -0.2) is 66.0 Å². The molecule has 200 valence electrons. The van der Waals surface area contributed by atoms with E-state index in [9.17, 15) is 27.9 Å². The maximum absolute atomic E-state index is 12.9. The van der Waals surface area contributed by atoms with E-state index < -0.39 is 30.8 Å². The van der Waals surface area contributed by atoms with Gasteiger partial charge in [-0.15, -0.1) is 0 Å². The number of hydrogen-bond acceptors (Lipinski definition) is 7. The molecule has 1 spiro atoms. The van der Waals surface area contributed by atoms with Crippen molar-refractivity contribution in [2.24, 2.45) is 0 Å². The molecule has 0 radical (unpaired) electrons. The van der Waals surface area contributed by atoms with Crippen molar-refractivity contribution in [1.29, 1.82) is 0 Å². The predicted molar refractivity (Wildman–Crippen MR) is 128 cm³/mol. The quantitative estimate of drug-likeness (QED) is 0.397. The van der Waals surface area contributed by atoms with E-state index in [1.165, 1.54) is 13.0 Å². The van der Waals surface area contributed by atoms with E-state index in [0.717, 1.165) is 23.8 Å². The number of ether oxygens (including phenoxy) is 3. The van der Waals surface area contributed by atoms with Gasteiger partial charge in [-0.1, -0.05) is 29.8 Å². The number of rotatable bonds is 7. The van der Waals surface area contributed by atoms with Gasteiger partial charge in [-0.2, -0.15) is 13.2 Å². The average Bonchev–Trinajstić information content (AvgIpc) is 3.18. The third-order valence-electron chi connectivity index (χ3n) is 6.33. The number of nitrogens with one attached hydrogen (secondary N) is 1. The van der Waals surface area contributed by atoms with Crippen LogP contribution in [0.15, 0.2) is 36.4 Å². The van der Waals surface area contributed by atoms with E-state index in [0.29, 0.717) is 25.9 Å². The Bertz CT molecular complexity index is 1140. The second-order valence-corrected chi connectivity index (χ2v) is 9.59. The maximum Gasteiger partial charge on any atom is 0.490 e. The minimum atomic E-state index is -5.17. The fraction of sp³-hybridized carbons (Fsp3) is 0.440. The standard InChI is InChI=1S/C25H26ClF3N2O6/c1-15(32)30-19-10-18(26)20(33)11-22(19)35-14-17(36-23(34)25(27,28)29)13-31-8-6-24(7-9-31)12-16-4-2-3-5-21(16)37-24/h2-5,10-11,17,33H,6-9,12-14H2,1H3,(H,30,32)/t17-/m0/s1. The molecule has 2 aliphatic heterocycles. The fourth-order valence-electron chi connectivity index (χ4n) is 4.55. The largest absolute Gasteiger partial charge is 0.506 e. The molecule has 1 saturated heterocycles. The molecule has 0 unspecified atom stereocenters. The van der Waals surface area contributed by atoms with Gasteiger partial charge in [0.2, 0.25) is 5.91 Å². The fourth-order valence-corrected chi connectivity index (χ4v) is 4.71. The lowest BCUT2D eigenvalue weighted by Gasteiger charge is -2.39. The molecule has 8 nitrogen and oxygen atoms in total. The highest BCUT2D eigenvalue weighted by Crippen LogP contribution is 2.41. The second-order valence-electron chi connectivity index (χ2n) is 9.19. The summed E-state index contributed by atoms with van der Waals surface area (Å²) in [6.45, 7) is 1.81. The first-order valence-corrected chi connectivity index (χ1v) is 12.0. The summed E-state index contributed by atoms with van der Waals surface area (Å²) in [5, 5.41) is 12.3. The number of likely N-dealkylation sites (tertiary alicyclic amines) is 1. The van der Waals surface area contributed by atoms with E-state index in [1.54, 1.807) is 0 Å². The number of anilines is 1. The summed E-state index contributed by atoms with van der Waals surface area (Å²) in [5.41, 5.74) is 0.875. The van der Waals surface area contributed by atoms with Crippen molar-refractivity contribution in [1.82, 2.24) is 4.90 Å².